The fourth-order valence-electron chi connectivity index (χ4n) is 2.55. The molecule has 1 N–H and O–H groups in total. The van der Waals surface area contributed by atoms with Crippen LogP contribution in [0.15, 0.2) is 22.7 Å². The van der Waals surface area contributed by atoms with E-state index in [9.17, 15) is 4.79 Å². The number of nitrogens with zero attached hydrogens (tertiary/aromatic N) is 1. The van der Waals surface area contributed by atoms with E-state index >= 15 is 0 Å². The van der Waals surface area contributed by atoms with Gasteiger partial charge in [-0.3, -0.25) is 4.79 Å². The molecule has 1 aliphatic heterocycles. The molecule has 0 aromatic heterocycles. The molecule has 1 fully saturated rings. The molecule has 1 saturated heterocycles. The van der Waals surface area contributed by atoms with Crippen LogP contribution in [0.25, 0.3) is 0 Å². The van der Waals surface area contributed by atoms with E-state index in [0.717, 1.165) is 36.9 Å². The molecule has 1 aromatic rings. The van der Waals surface area contributed by atoms with Crippen molar-refractivity contribution in [2.45, 2.75) is 25.8 Å². The van der Waals surface area contributed by atoms with E-state index in [0.29, 0.717) is 17.4 Å². The molecule has 1 aliphatic rings. The summed E-state index contributed by atoms with van der Waals surface area (Å²) in [7, 11) is 1.61. The van der Waals surface area contributed by atoms with Crippen LogP contribution in [0.4, 0.5) is 0 Å². The van der Waals surface area contributed by atoms with Crippen LogP contribution in [0, 0.1) is 0 Å². The van der Waals surface area contributed by atoms with Crippen LogP contribution >= 0.6 is 15.9 Å². The number of methoxy groups -OCH3 is 1. The molecule has 0 radical (unpaired) electrons. The summed E-state index contributed by atoms with van der Waals surface area (Å²) in [5.74, 6) is 0.781. The second-order valence-corrected chi connectivity index (χ2v) is 5.85. The molecule has 1 heterocycles. The average Bonchev–Trinajstić information content (AvgIpc) is 2.98. The molecule has 1 atom stereocenters. The topological polar surface area (TPSA) is 41.6 Å². The maximum absolute atomic E-state index is 12.8. The smallest absolute Gasteiger partial charge is 0.255 e. The minimum Gasteiger partial charge on any atom is -0.497 e. The van der Waals surface area contributed by atoms with Crippen LogP contribution in [-0.2, 0) is 0 Å². The Labute approximate surface area is 128 Å². The third kappa shape index (κ3) is 3.33. The van der Waals surface area contributed by atoms with Crippen molar-refractivity contribution in [3.05, 3.63) is 28.2 Å². The fourth-order valence-corrected chi connectivity index (χ4v) is 2.96. The van der Waals surface area contributed by atoms with Gasteiger partial charge in [0.1, 0.15) is 5.75 Å². The van der Waals surface area contributed by atoms with Crippen LogP contribution in [0.1, 0.15) is 30.1 Å². The van der Waals surface area contributed by atoms with Crippen molar-refractivity contribution in [2.75, 3.05) is 26.7 Å². The molecule has 0 spiro atoms. The predicted octanol–water partition coefficient (Wildman–Crippen LogP) is 2.67. The van der Waals surface area contributed by atoms with E-state index in [4.69, 9.17) is 4.74 Å². The number of halogens is 1. The first-order valence-corrected chi connectivity index (χ1v) is 7.82. The summed E-state index contributed by atoms with van der Waals surface area (Å²) in [6.45, 7) is 4.75. The molecular formula is C15H21BrN2O2. The predicted molar refractivity (Wildman–Crippen MR) is 83.3 cm³/mol. The zero-order valence-corrected chi connectivity index (χ0v) is 13.6. The summed E-state index contributed by atoms with van der Waals surface area (Å²) in [5.41, 5.74) is 0.671. The number of benzene rings is 1. The highest BCUT2D eigenvalue weighted by Crippen LogP contribution is 2.25. The molecule has 5 heteroatoms. The second-order valence-electron chi connectivity index (χ2n) is 4.99. The first-order chi connectivity index (χ1) is 9.67. The zero-order valence-electron chi connectivity index (χ0n) is 12.0. The van der Waals surface area contributed by atoms with Crippen molar-refractivity contribution in [3.8, 4) is 5.75 Å². The van der Waals surface area contributed by atoms with Gasteiger partial charge in [0.15, 0.2) is 0 Å². The van der Waals surface area contributed by atoms with Gasteiger partial charge in [-0.15, -0.1) is 0 Å². The first-order valence-electron chi connectivity index (χ1n) is 7.02. The van der Waals surface area contributed by atoms with E-state index in [1.165, 1.54) is 0 Å². The van der Waals surface area contributed by atoms with Crippen molar-refractivity contribution in [1.82, 2.24) is 10.2 Å². The Balaban J connectivity index is 2.26. The molecule has 1 amide bonds. The van der Waals surface area contributed by atoms with Gasteiger partial charge in [0, 0.05) is 23.6 Å². The molecular weight excluding hydrogens is 320 g/mol. The second kappa shape index (κ2) is 7.09. The minimum atomic E-state index is 0.0753. The number of amides is 1. The SMILES string of the molecule is CCCN(C(=O)c1cc(OC)ccc1Br)C1CCNC1. The van der Waals surface area contributed by atoms with Gasteiger partial charge in [0.25, 0.3) is 5.91 Å². The number of ether oxygens (including phenoxy) is 1. The summed E-state index contributed by atoms with van der Waals surface area (Å²) in [5, 5.41) is 3.32. The van der Waals surface area contributed by atoms with Gasteiger partial charge in [-0.1, -0.05) is 6.92 Å². The highest BCUT2D eigenvalue weighted by Gasteiger charge is 2.27. The van der Waals surface area contributed by atoms with Crippen molar-refractivity contribution in [2.24, 2.45) is 0 Å². The average molecular weight is 341 g/mol. The van der Waals surface area contributed by atoms with Gasteiger partial charge in [-0.05, 0) is 53.5 Å². The van der Waals surface area contributed by atoms with Gasteiger partial charge in [0.2, 0.25) is 0 Å². The molecule has 4 nitrogen and oxygen atoms in total. The molecule has 1 aromatic carbocycles. The standard InChI is InChI=1S/C15H21BrN2O2/c1-3-8-18(11-6-7-17-10-11)15(19)13-9-12(20-2)4-5-14(13)16/h4-5,9,11,17H,3,6-8,10H2,1-2H3. The Morgan fingerprint density at radius 2 is 2.35 bits per heavy atom. The molecule has 0 bridgehead atoms. The quantitative estimate of drug-likeness (QED) is 0.895. The first kappa shape index (κ1) is 15.3. The maximum Gasteiger partial charge on any atom is 0.255 e. The Bertz CT molecular complexity index is 473. The minimum absolute atomic E-state index is 0.0753. The molecule has 110 valence electrons. The fraction of sp³-hybridized carbons (Fsp3) is 0.533. The number of nitrogens with one attached hydrogen (secondary N) is 1. The van der Waals surface area contributed by atoms with Gasteiger partial charge in [0.05, 0.1) is 12.7 Å². The number of carbonyl (C=O) groups is 1. The lowest BCUT2D eigenvalue weighted by Crippen LogP contribution is -2.42. The summed E-state index contributed by atoms with van der Waals surface area (Å²) in [6.07, 6.45) is 1.98. The lowest BCUT2D eigenvalue weighted by molar-refractivity contribution is 0.0691. The van der Waals surface area contributed by atoms with E-state index in [1.54, 1.807) is 13.2 Å². The van der Waals surface area contributed by atoms with Crippen LogP contribution in [0.2, 0.25) is 0 Å². The van der Waals surface area contributed by atoms with Crippen LogP contribution < -0.4 is 10.1 Å². The van der Waals surface area contributed by atoms with Crippen LogP contribution in [-0.4, -0.2) is 43.6 Å². The third-order valence-electron chi connectivity index (χ3n) is 3.60. The Morgan fingerprint density at radius 3 is 2.95 bits per heavy atom. The van der Waals surface area contributed by atoms with E-state index < -0.39 is 0 Å². The maximum atomic E-state index is 12.8. The summed E-state index contributed by atoms with van der Waals surface area (Å²) in [6, 6.07) is 5.81. The zero-order chi connectivity index (χ0) is 14.5. The highest BCUT2D eigenvalue weighted by molar-refractivity contribution is 9.10. The molecule has 0 aliphatic carbocycles. The largest absolute Gasteiger partial charge is 0.497 e. The molecule has 2 rings (SSSR count). The number of hydrogen-bond donors (Lipinski definition) is 1. The van der Waals surface area contributed by atoms with E-state index in [-0.39, 0.29) is 5.91 Å². The monoisotopic (exact) mass is 340 g/mol. The van der Waals surface area contributed by atoms with Gasteiger partial charge in [-0.2, -0.15) is 0 Å². The lowest BCUT2D eigenvalue weighted by Gasteiger charge is -2.28. The normalized spacial score (nSPS) is 18.1. The molecule has 1 unspecified atom stereocenters. The van der Waals surface area contributed by atoms with Crippen molar-refractivity contribution in [1.29, 1.82) is 0 Å². The third-order valence-corrected chi connectivity index (χ3v) is 4.30. The number of rotatable bonds is 5. The summed E-state index contributed by atoms with van der Waals surface area (Å²) in [4.78, 5) is 14.8. The van der Waals surface area contributed by atoms with Gasteiger partial charge < -0.3 is 15.0 Å². The Kier molecular flexibility index (Phi) is 5.43. The van der Waals surface area contributed by atoms with Crippen molar-refractivity contribution < 1.29 is 9.53 Å². The van der Waals surface area contributed by atoms with Crippen molar-refractivity contribution >= 4 is 21.8 Å². The van der Waals surface area contributed by atoms with E-state index in [2.05, 4.69) is 28.2 Å². The summed E-state index contributed by atoms with van der Waals surface area (Å²) < 4.78 is 6.04. The Morgan fingerprint density at radius 1 is 1.55 bits per heavy atom. The van der Waals surface area contributed by atoms with Crippen LogP contribution in [0.3, 0.4) is 0 Å². The molecule has 0 saturated carbocycles. The van der Waals surface area contributed by atoms with Crippen LogP contribution in [0.5, 0.6) is 5.75 Å². The molecule has 20 heavy (non-hydrogen) atoms. The van der Waals surface area contributed by atoms with E-state index in [1.807, 2.05) is 17.0 Å². The van der Waals surface area contributed by atoms with Gasteiger partial charge in [-0.25, -0.2) is 0 Å². The number of hydrogen-bond acceptors (Lipinski definition) is 3. The highest BCUT2D eigenvalue weighted by atomic mass is 79.9. The lowest BCUT2D eigenvalue weighted by atomic mass is 10.1. The number of carbonyl (C=O) groups excluding carboxylic acids is 1. The Hall–Kier alpha value is -1.07. The summed E-state index contributed by atoms with van der Waals surface area (Å²) >= 11 is 3.47. The van der Waals surface area contributed by atoms with Crippen molar-refractivity contribution in [3.63, 3.8) is 0 Å². The van der Waals surface area contributed by atoms with Gasteiger partial charge >= 0.3 is 0 Å².